The van der Waals surface area contributed by atoms with Gasteiger partial charge in [-0.25, -0.2) is 0 Å². The summed E-state index contributed by atoms with van der Waals surface area (Å²) >= 11 is 5.87. The third kappa shape index (κ3) is 3.15. The summed E-state index contributed by atoms with van der Waals surface area (Å²) in [5.74, 6) is -0.897. The Morgan fingerprint density at radius 1 is 1.05 bits per heavy atom. The van der Waals surface area contributed by atoms with E-state index in [1.807, 2.05) is 60.7 Å². The highest BCUT2D eigenvalue weighted by Crippen LogP contribution is 2.39. The molecule has 3 nitrogen and oxygen atoms in total. The second-order valence-corrected chi connectivity index (χ2v) is 8.62. The molecule has 2 aromatic carbocycles. The predicted octanol–water partition coefficient (Wildman–Crippen LogP) is 2.09. The first-order valence-electron chi connectivity index (χ1n) is 6.26. The molecule has 20 heavy (non-hydrogen) atoms. The molecule has 0 aliphatic rings. The minimum Gasteiger partial charge on any atom is -0.480 e. The van der Waals surface area contributed by atoms with Crippen LogP contribution in [0.1, 0.15) is 6.92 Å². The van der Waals surface area contributed by atoms with Crippen LogP contribution in [0.2, 0.25) is 0 Å². The summed E-state index contributed by atoms with van der Waals surface area (Å²) in [6.45, 7) is 1.62. The lowest BCUT2D eigenvalue weighted by molar-refractivity contribution is -0.138. The second-order valence-electron chi connectivity index (χ2n) is 4.47. The Morgan fingerprint density at radius 3 is 1.80 bits per heavy atom. The van der Waals surface area contributed by atoms with Gasteiger partial charge in [-0.2, -0.15) is 0 Å². The van der Waals surface area contributed by atoms with Gasteiger partial charge < -0.3 is 5.11 Å². The van der Waals surface area contributed by atoms with E-state index in [1.54, 1.807) is 6.92 Å². The lowest BCUT2D eigenvalue weighted by Crippen LogP contribution is -2.37. The summed E-state index contributed by atoms with van der Waals surface area (Å²) in [7, 11) is 0. The molecule has 0 unspecified atom stereocenters. The van der Waals surface area contributed by atoms with Crippen molar-refractivity contribution in [2.75, 3.05) is 0 Å². The maximum Gasteiger partial charge on any atom is 0.320 e. The first kappa shape index (κ1) is 14.9. The van der Waals surface area contributed by atoms with E-state index in [9.17, 15) is 4.79 Å². The van der Waals surface area contributed by atoms with Crippen molar-refractivity contribution < 1.29 is 9.90 Å². The number of nitrogens with one attached hydrogen (secondary N) is 1. The molecule has 0 bridgehead atoms. The zero-order valence-corrected chi connectivity index (χ0v) is 12.8. The molecule has 104 valence electrons. The van der Waals surface area contributed by atoms with Crippen LogP contribution in [0, 0.1) is 0 Å². The lowest BCUT2D eigenvalue weighted by atomic mass is 10.4. The van der Waals surface area contributed by atoms with Crippen LogP contribution < -0.4 is 15.7 Å². The van der Waals surface area contributed by atoms with Crippen molar-refractivity contribution >= 4 is 34.6 Å². The van der Waals surface area contributed by atoms with Crippen LogP contribution in [0.3, 0.4) is 0 Å². The van der Waals surface area contributed by atoms with Gasteiger partial charge in [0.25, 0.3) is 0 Å². The molecule has 0 heterocycles. The van der Waals surface area contributed by atoms with Crippen LogP contribution in [0.15, 0.2) is 60.7 Å². The fourth-order valence-electron chi connectivity index (χ4n) is 1.90. The van der Waals surface area contributed by atoms with Gasteiger partial charge in [0.05, 0.1) is 6.19 Å². The molecule has 1 atom stereocenters. The summed E-state index contributed by atoms with van der Waals surface area (Å²) in [5.41, 5.74) is 0. The van der Waals surface area contributed by atoms with Crippen molar-refractivity contribution in [2.24, 2.45) is 0 Å². The standard InChI is InChI=1S/C15H16NO2PS/c1-12(15(17)18)16-19(20,13-8-4-2-5-9-13)14-10-6-3-7-11-14/h2-12H,1H3,(H,16,20)(H,17,18)/t12-/m0/s1. The smallest absolute Gasteiger partial charge is 0.320 e. The van der Waals surface area contributed by atoms with Gasteiger partial charge in [0.2, 0.25) is 0 Å². The number of hydrogen-bond donors (Lipinski definition) is 2. The van der Waals surface area contributed by atoms with Crippen molar-refractivity contribution in [2.45, 2.75) is 13.0 Å². The average molecular weight is 305 g/mol. The van der Waals surface area contributed by atoms with E-state index in [2.05, 4.69) is 5.09 Å². The van der Waals surface area contributed by atoms with E-state index in [4.69, 9.17) is 16.9 Å². The van der Waals surface area contributed by atoms with Crippen LogP contribution in [0.25, 0.3) is 0 Å². The number of benzene rings is 2. The van der Waals surface area contributed by atoms with Crippen LogP contribution in [-0.2, 0) is 16.6 Å². The Kier molecular flexibility index (Phi) is 4.71. The Balaban J connectivity index is 2.50. The molecule has 0 fully saturated rings. The molecule has 0 spiro atoms. The van der Waals surface area contributed by atoms with E-state index in [0.29, 0.717) is 0 Å². The summed E-state index contributed by atoms with van der Waals surface area (Å²) in [6, 6.07) is 18.7. The van der Waals surface area contributed by atoms with Crippen molar-refractivity contribution in [1.82, 2.24) is 5.09 Å². The molecule has 2 rings (SSSR count). The normalized spacial score (nSPS) is 12.8. The number of carboxylic acids is 1. The third-order valence-corrected chi connectivity index (χ3v) is 7.37. The number of carboxylic acid groups (broad SMARTS) is 1. The van der Waals surface area contributed by atoms with Gasteiger partial charge in [0.1, 0.15) is 6.04 Å². The van der Waals surface area contributed by atoms with Crippen LogP contribution >= 0.6 is 6.19 Å². The number of rotatable bonds is 5. The maximum absolute atomic E-state index is 11.1. The van der Waals surface area contributed by atoms with E-state index in [1.165, 1.54) is 0 Å². The van der Waals surface area contributed by atoms with E-state index in [0.717, 1.165) is 10.6 Å². The number of hydrogen-bond acceptors (Lipinski definition) is 2. The molecule has 2 aromatic rings. The van der Waals surface area contributed by atoms with Crippen LogP contribution in [-0.4, -0.2) is 17.1 Å². The van der Waals surface area contributed by atoms with Crippen LogP contribution in [0.4, 0.5) is 0 Å². The zero-order chi connectivity index (χ0) is 14.6. The molecule has 0 aromatic heterocycles. The first-order valence-corrected chi connectivity index (χ1v) is 9.06. The van der Waals surface area contributed by atoms with Crippen molar-refractivity contribution in [3.05, 3.63) is 60.7 Å². The molecule has 0 saturated heterocycles. The van der Waals surface area contributed by atoms with Gasteiger partial charge in [-0.15, -0.1) is 0 Å². The van der Waals surface area contributed by atoms with Gasteiger partial charge in [-0.1, -0.05) is 72.5 Å². The predicted molar refractivity (Wildman–Crippen MR) is 86.7 cm³/mol. The first-order chi connectivity index (χ1) is 9.54. The van der Waals surface area contributed by atoms with Crippen molar-refractivity contribution in [1.29, 1.82) is 0 Å². The molecule has 2 N–H and O–H groups in total. The summed E-state index contributed by atoms with van der Waals surface area (Å²) in [4.78, 5) is 11.1. The average Bonchev–Trinajstić information content (AvgIpc) is 2.48. The molecule has 0 amide bonds. The Labute approximate surface area is 123 Å². The molecule has 0 saturated carbocycles. The largest absolute Gasteiger partial charge is 0.480 e. The summed E-state index contributed by atoms with van der Waals surface area (Å²) in [5, 5.41) is 14.2. The Morgan fingerprint density at radius 2 is 1.45 bits per heavy atom. The fourth-order valence-corrected chi connectivity index (χ4v) is 5.54. The topological polar surface area (TPSA) is 49.3 Å². The van der Waals surface area contributed by atoms with Gasteiger partial charge in [0.15, 0.2) is 0 Å². The van der Waals surface area contributed by atoms with Gasteiger partial charge in [-0.3, -0.25) is 9.88 Å². The second kappa shape index (κ2) is 6.31. The van der Waals surface area contributed by atoms with E-state index < -0.39 is 18.2 Å². The highest BCUT2D eigenvalue weighted by Gasteiger charge is 2.26. The number of carbonyl (C=O) groups is 1. The Hall–Kier alpha value is -1.48. The van der Waals surface area contributed by atoms with Crippen molar-refractivity contribution in [3.63, 3.8) is 0 Å². The minimum atomic E-state index is -2.33. The summed E-state index contributed by atoms with van der Waals surface area (Å²) in [6.07, 6.45) is -2.33. The fraction of sp³-hybridized carbons (Fsp3) is 0.133. The maximum atomic E-state index is 11.1. The van der Waals surface area contributed by atoms with Crippen molar-refractivity contribution in [3.8, 4) is 0 Å². The number of aliphatic carboxylic acids is 1. The molecule has 0 aliphatic heterocycles. The monoisotopic (exact) mass is 305 g/mol. The van der Waals surface area contributed by atoms with E-state index in [-0.39, 0.29) is 0 Å². The quantitative estimate of drug-likeness (QED) is 0.831. The van der Waals surface area contributed by atoms with Gasteiger partial charge >= 0.3 is 5.97 Å². The van der Waals surface area contributed by atoms with Gasteiger partial charge in [-0.05, 0) is 6.92 Å². The molecule has 5 heteroatoms. The minimum absolute atomic E-state index is 0.693. The third-order valence-electron chi connectivity index (χ3n) is 2.99. The zero-order valence-electron chi connectivity index (χ0n) is 11.1. The highest BCUT2D eigenvalue weighted by molar-refractivity contribution is 8.20. The molecule has 0 aliphatic carbocycles. The van der Waals surface area contributed by atoms with Crippen LogP contribution in [0.5, 0.6) is 0 Å². The Bertz CT molecular complexity index is 587. The summed E-state index contributed by atoms with van der Waals surface area (Å²) < 4.78 is 0. The lowest BCUT2D eigenvalue weighted by Gasteiger charge is -2.26. The highest BCUT2D eigenvalue weighted by atomic mass is 32.4. The molecule has 0 radical (unpaired) electrons. The van der Waals surface area contributed by atoms with Gasteiger partial charge in [0, 0.05) is 10.6 Å². The molecular weight excluding hydrogens is 289 g/mol. The SMILES string of the molecule is C[C@H](NP(=S)(c1ccccc1)c1ccccc1)C(=O)O. The molecular formula is C15H16NO2PS. The van der Waals surface area contributed by atoms with E-state index >= 15 is 0 Å².